The molecule has 0 radical (unpaired) electrons. The summed E-state index contributed by atoms with van der Waals surface area (Å²) in [6.07, 6.45) is 3.47. The Labute approximate surface area is 82.1 Å². The summed E-state index contributed by atoms with van der Waals surface area (Å²) >= 11 is 0. The van der Waals surface area contributed by atoms with Gasteiger partial charge < -0.3 is 5.32 Å². The van der Waals surface area contributed by atoms with Gasteiger partial charge in [-0.3, -0.25) is 9.99 Å². The molecule has 1 saturated heterocycles. The first-order valence-corrected chi connectivity index (χ1v) is 4.54. The van der Waals surface area contributed by atoms with Gasteiger partial charge in [0.2, 0.25) is 0 Å². The van der Waals surface area contributed by atoms with E-state index >= 15 is 0 Å². The van der Waals surface area contributed by atoms with Gasteiger partial charge >= 0.3 is 6.03 Å². The van der Waals surface area contributed by atoms with Crippen LogP contribution in [-0.4, -0.2) is 29.1 Å². The van der Waals surface area contributed by atoms with Crippen molar-refractivity contribution >= 4 is 6.03 Å². The normalized spacial score (nSPS) is 15.7. The molecule has 0 unspecified atom stereocenters. The fourth-order valence-electron chi connectivity index (χ4n) is 1.31. The maximum absolute atomic E-state index is 11.1. The molecule has 0 spiro atoms. The summed E-state index contributed by atoms with van der Waals surface area (Å²) in [7, 11) is 0. The van der Waals surface area contributed by atoms with E-state index in [1.165, 1.54) is 0 Å². The van der Waals surface area contributed by atoms with Gasteiger partial charge in [-0.25, -0.2) is 10.2 Å². The van der Waals surface area contributed by atoms with Crippen LogP contribution in [-0.2, 0) is 6.54 Å². The number of urea groups is 1. The van der Waals surface area contributed by atoms with Gasteiger partial charge in [0.15, 0.2) is 0 Å². The number of aromatic nitrogens is 1. The van der Waals surface area contributed by atoms with Gasteiger partial charge in [0.25, 0.3) is 0 Å². The average Bonchev–Trinajstić information content (AvgIpc) is 2.63. The van der Waals surface area contributed by atoms with Crippen LogP contribution < -0.4 is 10.7 Å². The number of hydrazine groups is 1. The Morgan fingerprint density at radius 1 is 1.50 bits per heavy atom. The van der Waals surface area contributed by atoms with Crippen LogP contribution in [0.5, 0.6) is 0 Å². The fourth-order valence-corrected chi connectivity index (χ4v) is 1.31. The molecule has 0 atom stereocenters. The topological polar surface area (TPSA) is 57.3 Å². The minimum atomic E-state index is -0.0564. The van der Waals surface area contributed by atoms with Crippen molar-refractivity contribution in [2.45, 2.75) is 6.54 Å². The summed E-state index contributed by atoms with van der Waals surface area (Å²) < 4.78 is 0. The summed E-state index contributed by atoms with van der Waals surface area (Å²) in [5.74, 6) is 0. The Morgan fingerprint density at radius 3 is 2.93 bits per heavy atom. The molecule has 0 aliphatic carbocycles. The molecule has 5 nitrogen and oxygen atoms in total. The van der Waals surface area contributed by atoms with Crippen molar-refractivity contribution in [3.63, 3.8) is 0 Å². The van der Waals surface area contributed by atoms with Gasteiger partial charge in [-0.05, 0) is 17.7 Å². The first-order chi connectivity index (χ1) is 6.86. The van der Waals surface area contributed by atoms with E-state index in [0.29, 0.717) is 19.6 Å². The minimum Gasteiger partial charge on any atom is -0.335 e. The second-order valence-electron chi connectivity index (χ2n) is 3.07. The van der Waals surface area contributed by atoms with E-state index in [1.807, 2.05) is 12.1 Å². The Kier molecular flexibility index (Phi) is 2.60. The molecule has 1 aromatic rings. The molecule has 0 bridgehead atoms. The molecule has 1 fully saturated rings. The van der Waals surface area contributed by atoms with E-state index in [1.54, 1.807) is 17.4 Å². The van der Waals surface area contributed by atoms with E-state index in [9.17, 15) is 4.79 Å². The number of carbonyl (C=O) groups excluding carboxylic acids is 1. The summed E-state index contributed by atoms with van der Waals surface area (Å²) in [5.41, 5.74) is 4.15. The lowest BCUT2D eigenvalue weighted by atomic mass is 10.3. The summed E-state index contributed by atoms with van der Waals surface area (Å²) in [6.45, 7) is 2.07. The van der Waals surface area contributed by atoms with Gasteiger partial charge in [0, 0.05) is 25.5 Å². The number of carbonyl (C=O) groups is 1. The summed E-state index contributed by atoms with van der Waals surface area (Å²) in [5, 5.41) is 4.30. The van der Waals surface area contributed by atoms with Crippen molar-refractivity contribution in [1.29, 1.82) is 0 Å². The van der Waals surface area contributed by atoms with Crippen molar-refractivity contribution in [3.8, 4) is 0 Å². The largest absolute Gasteiger partial charge is 0.335 e. The van der Waals surface area contributed by atoms with Gasteiger partial charge in [-0.2, -0.15) is 0 Å². The highest BCUT2D eigenvalue weighted by molar-refractivity contribution is 5.75. The average molecular weight is 192 g/mol. The van der Waals surface area contributed by atoms with Crippen LogP contribution in [0.4, 0.5) is 4.79 Å². The summed E-state index contributed by atoms with van der Waals surface area (Å²) in [4.78, 5) is 15.1. The zero-order chi connectivity index (χ0) is 9.80. The molecule has 0 aromatic carbocycles. The Hall–Kier alpha value is -1.62. The lowest BCUT2D eigenvalue weighted by molar-refractivity contribution is 0.193. The summed E-state index contributed by atoms with van der Waals surface area (Å²) in [6, 6.07) is 3.78. The Morgan fingerprint density at radius 2 is 2.29 bits per heavy atom. The molecule has 2 N–H and O–H groups in total. The quantitative estimate of drug-likeness (QED) is 0.714. The molecule has 2 heterocycles. The monoisotopic (exact) mass is 192 g/mol. The lowest BCUT2D eigenvalue weighted by Crippen LogP contribution is -2.39. The third-order valence-corrected chi connectivity index (χ3v) is 2.08. The lowest BCUT2D eigenvalue weighted by Gasteiger charge is -2.15. The van der Waals surface area contributed by atoms with Crippen molar-refractivity contribution in [1.82, 2.24) is 20.7 Å². The highest BCUT2D eigenvalue weighted by atomic mass is 16.2. The molecule has 5 heteroatoms. The van der Waals surface area contributed by atoms with Crippen LogP contribution in [0.3, 0.4) is 0 Å². The molecule has 2 amide bonds. The third-order valence-electron chi connectivity index (χ3n) is 2.08. The van der Waals surface area contributed by atoms with E-state index in [4.69, 9.17) is 0 Å². The van der Waals surface area contributed by atoms with Gasteiger partial charge in [0.1, 0.15) is 0 Å². The van der Waals surface area contributed by atoms with E-state index < -0.39 is 0 Å². The smallest absolute Gasteiger partial charge is 0.331 e. The number of nitrogens with zero attached hydrogens (tertiary/aromatic N) is 2. The fraction of sp³-hybridized carbons (Fsp3) is 0.333. The predicted molar refractivity (Wildman–Crippen MR) is 51.2 cm³/mol. The van der Waals surface area contributed by atoms with Crippen LogP contribution >= 0.6 is 0 Å². The highest BCUT2D eigenvalue weighted by Gasteiger charge is 2.18. The van der Waals surface area contributed by atoms with Gasteiger partial charge in [-0.15, -0.1) is 0 Å². The SMILES string of the molecule is O=C1NCCN1NCc1ccncc1. The van der Waals surface area contributed by atoms with Gasteiger partial charge in [-0.1, -0.05) is 0 Å². The molecule has 74 valence electrons. The van der Waals surface area contributed by atoms with Crippen LogP contribution in [0.1, 0.15) is 5.56 Å². The first-order valence-electron chi connectivity index (χ1n) is 4.54. The molecular weight excluding hydrogens is 180 g/mol. The van der Waals surface area contributed by atoms with E-state index in [-0.39, 0.29) is 6.03 Å². The predicted octanol–water partition coefficient (Wildman–Crippen LogP) is 0.111. The Balaban J connectivity index is 1.85. The van der Waals surface area contributed by atoms with Crippen molar-refractivity contribution in [2.24, 2.45) is 0 Å². The number of hydrogen-bond donors (Lipinski definition) is 2. The van der Waals surface area contributed by atoms with Crippen molar-refractivity contribution < 1.29 is 4.79 Å². The second-order valence-corrected chi connectivity index (χ2v) is 3.07. The van der Waals surface area contributed by atoms with Gasteiger partial charge in [0.05, 0.1) is 6.54 Å². The van der Waals surface area contributed by atoms with Crippen molar-refractivity contribution in [3.05, 3.63) is 30.1 Å². The number of amides is 2. The highest BCUT2D eigenvalue weighted by Crippen LogP contribution is 1.97. The third kappa shape index (κ3) is 2.00. The Bertz CT molecular complexity index is 314. The minimum absolute atomic E-state index is 0.0564. The van der Waals surface area contributed by atoms with E-state index in [2.05, 4.69) is 15.7 Å². The zero-order valence-electron chi connectivity index (χ0n) is 7.73. The van der Waals surface area contributed by atoms with Crippen molar-refractivity contribution in [2.75, 3.05) is 13.1 Å². The van der Waals surface area contributed by atoms with Crippen LogP contribution in [0.25, 0.3) is 0 Å². The maximum atomic E-state index is 11.1. The standard InChI is InChI=1S/C9H12N4O/c14-9-11-5-6-13(9)12-7-8-1-3-10-4-2-8/h1-4,12H,5-7H2,(H,11,14). The molecule has 0 saturated carbocycles. The molecule has 1 aliphatic heterocycles. The maximum Gasteiger partial charge on any atom is 0.331 e. The first kappa shape index (κ1) is 8.96. The number of rotatable bonds is 3. The molecule has 1 aromatic heterocycles. The molecule has 14 heavy (non-hydrogen) atoms. The number of pyridine rings is 1. The zero-order valence-corrected chi connectivity index (χ0v) is 7.73. The van der Waals surface area contributed by atoms with E-state index in [0.717, 1.165) is 5.56 Å². The number of nitrogens with one attached hydrogen (secondary N) is 2. The number of hydrogen-bond acceptors (Lipinski definition) is 3. The van der Waals surface area contributed by atoms with Crippen LogP contribution in [0.2, 0.25) is 0 Å². The second kappa shape index (κ2) is 4.06. The molecule has 1 aliphatic rings. The molecule has 2 rings (SSSR count). The molecular formula is C9H12N4O. The van der Waals surface area contributed by atoms with Crippen LogP contribution in [0.15, 0.2) is 24.5 Å². The van der Waals surface area contributed by atoms with Crippen LogP contribution in [0, 0.1) is 0 Å².